The van der Waals surface area contributed by atoms with Crippen LogP contribution in [-0.4, -0.2) is 38.8 Å². The van der Waals surface area contributed by atoms with Gasteiger partial charge in [-0.25, -0.2) is 0 Å². The van der Waals surface area contributed by atoms with E-state index in [1.807, 2.05) is 30.4 Å². The Hall–Kier alpha value is -0.520. The lowest BCUT2D eigenvalue weighted by atomic mass is 9.91. The van der Waals surface area contributed by atoms with E-state index in [-0.39, 0.29) is 12.1 Å². The lowest BCUT2D eigenvalue weighted by molar-refractivity contribution is 0.144. The lowest BCUT2D eigenvalue weighted by Gasteiger charge is -2.32. The first kappa shape index (κ1) is 15.9. The monoisotopic (exact) mass is 297 g/mol. The number of nitrogens with one attached hydrogen (secondary N) is 1. The van der Waals surface area contributed by atoms with Crippen LogP contribution in [0.5, 0.6) is 0 Å². The maximum atomic E-state index is 9.73. The molecule has 114 valence electrons. The van der Waals surface area contributed by atoms with Crippen molar-refractivity contribution in [1.82, 2.24) is 15.1 Å². The summed E-state index contributed by atoms with van der Waals surface area (Å²) in [5.41, 5.74) is 1.01. The molecule has 0 aliphatic heterocycles. The molecule has 1 aromatic heterocycles. The summed E-state index contributed by atoms with van der Waals surface area (Å²) in [5.74, 6) is 1.08. The van der Waals surface area contributed by atoms with Gasteiger partial charge in [-0.15, -0.1) is 11.8 Å². The van der Waals surface area contributed by atoms with Crippen molar-refractivity contribution < 1.29 is 5.11 Å². The first-order chi connectivity index (χ1) is 9.58. The van der Waals surface area contributed by atoms with Crippen LogP contribution in [0.15, 0.2) is 11.1 Å². The van der Waals surface area contributed by atoms with Crippen molar-refractivity contribution in [2.24, 2.45) is 7.05 Å². The zero-order valence-electron chi connectivity index (χ0n) is 12.9. The third-order valence-corrected chi connectivity index (χ3v) is 5.25. The summed E-state index contributed by atoms with van der Waals surface area (Å²) >= 11 is 1.86. The number of hydrogen-bond donors (Lipinski definition) is 2. The van der Waals surface area contributed by atoms with Crippen molar-refractivity contribution in [3.8, 4) is 0 Å². The molecule has 5 heteroatoms. The van der Waals surface area contributed by atoms with Crippen molar-refractivity contribution in [3.05, 3.63) is 11.8 Å². The fraction of sp³-hybridized carbons (Fsp3) is 0.800. The highest BCUT2D eigenvalue weighted by atomic mass is 32.2. The molecular formula is C15H27N3OS. The number of hydrogen-bond acceptors (Lipinski definition) is 4. The van der Waals surface area contributed by atoms with Gasteiger partial charge in [0.15, 0.2) is 0 Å². The molecule has 2 rings (SSSR count). The summed E-state index contributed by atoms with van der Waals surface area (Å²) in [6.45, 7) is 4.44. The van der Waals surface area contributed by atoms with Gasteiger partial charge < -0.3 is 10.4 Å². The van der Waals surface area contributed by atoms with Crippen LogP contribution in [0.1, 0.15) is 44.7 Å². The Balaban J connectivity index is 1.76. The van der Waals surface area contributed by atoms with Crippen molar-refractivity contribution in [2.45, 2.75) is 62.6 Å². The van der Waals surface area contributed by atoms with Gasteiger partial charge in [0.25, 0.3) is 0 Å². The third kappa shape index (κ3) is 4.24. The minimum absolute atomic E-state index is 0.0654. The van der Waals surface area contributed by atoms with Crippen LogP contribution in [0.4, 0.5) is 0 Å². The van der Waals surface area contributed by atoms with Crippen LogP contribution in [0.25, 0.3) is 0 Å². The molecule has 0 aromatic carbocycles. The second kappa shape index (κ2) is 6.96. The molecule has 0 radical (unpaired) electrons. The molecule has 1 heterocycles. The predicted molar refractivity (Wildman–Crippen MR) is 84.2 cm³/mol. The molecule has 1 saturated carbocycles. The average Bonchev–Trinajstić information content (AvgIpc) is 3.18. The summed E-state index contributed by atoms with van der Waals surface area (Å²) in [5, 5.41) is 19.0. The zero-order valence-corrected chi connectivity index (χ0v) is 13.7. The Labute approximate surface area is 126 Å². The van der Waals surface area contributed by atoms with Crippen molar-refractivity contribution in [2.75, 3.05) is 12.4 Å². The quantitative estimate of drug-likeness (QED) is 0.543. The molecule has 20 heavy (non-hydrogen) atoms. The highest BCUT2D eigenvalue weighted by Gasteiger charge is 2.33. The van der Waals surface area contributed by atoms with Gasteiger partial charge in [0.2, 0.25) is 0 Å². The molecule has 1 unspecified atom stereocenters. The number of nitrogens with zero attached hydrogens (tertiary/aromatic N) is 2. The Morgan fingerprint density at radius 3 is 2.80 bits per heavy atom. The smallest absolute Gasteiger partial charge is 0.0939 e. The summed E-state index contributed by atoms with van der Waals surface area (Å²) in [7, 11) is 1.99. The molecule has 1 fully saturated rings. The molecule has 1 aliphatic rings. The number of aliphatic hydroxyl groups is 1. The standard InChI is InChI=1S/C15H27N3OS/c1-4-15(11-19,16-13-6-7-13)8-5-9-20-14-10-12(2)17-18(14)3/h10,13,16,19H,4-9,11H2,1-3H3. The highest BCUT2D eigenvalue weighted by Crippen LogP contribution is 2.28. The zero-order chi connectivity index (χ0) is 14.6. The molecule has 0 saturated heterocycles. The van der Waals surface area contributed by atoms with Crippen LogP contribution in [0.2, 0.25) is 0 Å². The van der Waals surface area contributed by atoms with Gasteiger partial charge in [0, 0.05) is 18.6 Å². The Bertz CT molecular complexity index is 425. The first-order valence-corrected chi connectivity index (χ1v) is 8.59. The van der Waals surface area contributed by atoms with E-state index in [1.165, 1.54) is 17.9 Å². The van der Waals surface area contributed by atoms with Gasteiger partial charge in [-0.2, -0.15) is 5.10 Å². The maximum absolute atomic E-state index is 9.73. The summed E-state index contributed by atoms with van der Waals surface area (Å²) in [6.07, 6.45) is 5.69. The Morgan fingerprint density at radius 2 is 2.30 bits per heavy atom. The van der Waals surface area contributed by atoms with E-state index in [0.717, 1.165) is 30.7 Å². The summed E-state index contributed by atoms with van der Waals surface area (Å²) < 4.78 is 1.95. The van der Waals surface area contributed by atoms with Crippen molar-refractivity contribution in [1.29, 1.82) is 0 Å². The fourth-order valence-electron chi connectivity index (χ4n) is 2.56. The normalized spacial score (nSPS) is 18.2. The molecule has 1 atom stereocenters. The van der Waals surface area contributed by atoms with E-state index in [9.17, 15) is 5.11 Å². The van der Waals surface area contributed by atoms with E-state index in [2.05, 4.69) is 23.4 Å². The minimum Gasteiger partial charge on any atom is -0.394 e. The summed E-state index contributed by atoms with van der Waals surface area (Å²) in [6, 6.07) is 2.78. The second-order valence-corrected chi connectivity index (χ2v) is 7.03. The van der Waals surface area contributed by atoms with Gasteiger partial charge in [0.05, 0.1) is 17.3 Å². The number of aromatic nitrogens is 2. The van der Waals surface area contributed by atoms with Crippen LogP contribution in [0, 0.1) is 6.92 Å². The molecule has 0 spiro atoms. The lowest BCUT2D eigenvalue weighted by Crippen LogP contribution is -2.49. The van der Waals surface area contributed by atoms with Crippen LogP contribution < -0.4 is 5.32 Å². The predicted octanol–water partition coefficient (Wildman–Crippen LogP) is 2.49. The van der Waals surface area contributed by atoms with Gasteiger partial charge >= 0.3 is 0 Å². The minimum atomic E-state index is -0.0654. The third-order valence-electron chi connectivity index (χ3n) is 4.08. The molecular weight excluding hydrogens is 270 g/mol. The fourth-order valence-corrected chi connectivity index (χ4v) is 3.54. The van der Waals surface area contributed by atoms with Gasteiger partial charge in [-0.1, -0.05) is 6.92 Å². The Kier molecular flexibility index (Phi) is 5.52. The number of aliphatic hydroxyl groups excluding tert-OH is 1. The molecule has 1 aliphatic carbocycles. The topological polar surface area (TPSA) is 50.1 Å². The molecule has 2 N–H and O–H groups in total. The van der Waals surface area contributed by atoms with E-state index >= 15 is 0 Å². The van der Waals surface area contributed by atoms with Crippen LogP contribution in [-0.2, 0) is 7.05 Å². The number of thioether (sulfide) groups is 1. The van der Waals surface area contributed by atoms with E-state index in [4.69, 9.17) is 0 Å². The van der Waals surface area contributed by atoms with E-state index in [1.54, 1.807) is 0 Å². The van der Waals surface area contributed by atoms with E-state index in [0.29, 0.717) is 6.04 Å². The number of aryl methyl sites for hydroxylation is 2. The van der Waals surface area contributed by atoms with Gasteiger partial charge in [-0.05, 0) is 50.8 Å². The van der Waals surface area contributed by atoms with Crippen LogP contribution >= 0.6 is 11.8 Å². The molecule has 4 nitrogen and oxygen atoms in total. The molecule has 0 amide bonds. The van der Waals surface area contributed by atoms with Crippen molar-refractivity contribution in [3.63, 3.8) is 0 Å². The van der Waals surface area contributed by atoms with Crippen LogP contribution in [0.3, 0.4) is 0 Å². The van der Waals surface area contributed by atoms with Crippen molar-refractivity contribution >= 4 is 11.8 Å². The molecule has 0 bridgehead atoms. The average molecular weight is 297 g/mol. The number of rotatable bonds is 9. The van der Waals surface area contributed by atoms with Gasteiger partial charge in [0.1, 0.15) is 0 Å². The maximum Gasteiger partial charge on any atom is 0.0939 e. The Morgan fingerprint density at radius 1 is 1.55 bits per heavy atom. The summed E-state index contributed by atoms with van der Waals surface area (Å²) in [4.78, 5) is 0. The largest absolute Gasteiger partial charge is 0.394 e. The van der Waals surface area contributed by atoms with E-state index < -0.39 is 0 Å². The van der Waals surface area contributed by atoms with Gasteiger partial charge in [-0.3, -0.25) is 4.68 Å². The molecule has 1 aromatic rings. The first-order valence-electron chi connectivity index (χ1n) is 7.60. The second-order valence-electron chi connectivity index (χ2n) is 5.91. The highest BCUT2D eigenvalue weighted by molar-refractivity contribution is 7.99. The SMILES string of the molecule is CCC(CO)(CCCSc1cc(C)nn1C)NC1CC1.